The monoisotopic (exact) mass is 323 g/mol. The Hall–Kier alpha value is -2.28. The van der Waals surface area contributed by atoms with Gasteiger partial charge in [-0.3, -0.25) is 4.79 Å². The highest BCUT2D eigenvalue weighted by Crippen LogP contribution is 2.21. The lowest BCUT2D eigenvalue weighted by Crippen LogP contribution is -2.24. The average molecular weight is 323 g/mol. The van der Waals surface area contributed by atoms with E-state index in [1.807, 2.05) is 13.8 Å². The highest BCUT2D eigenvalue weighted by Gasteiger charge is 2.21. The largest absolute Gasteiger partial charge is 0.446 e. The van der Waals surface area contributed by atoms with Crippen LogP contribution in [0.1, 0.15) is 48.3 Å². The number of hydrogen-bond donors (Lipinski definition) is 2. The number of carbonyl (C=O) groups is 1. The van der Waals surface area contributed by atoms with Crippen LogP contribution in [0.15, 0.2) is 28.9 Å². The van der Waals surface area contributed by atoms with Crippen LogP contribution in [0.2, 0.25) is 0 Å². The number of benzene rings is 1. The number of nitrogens with zero attached hydrogens (tertiary/aromatic N) is 1. The van der Waals surface area contributed by atoms with Gasteiger partial charge in [-0.1, -0.05) is 26.3 Å². The van der Waals surface area contributed by atoms with Gasteiger partial charge in [0.05, 0.1) is 6.04 Å². The number of amides is 1. The Balaban J connectivity index is 2.00. The third kappa shape index (κ3) is 4.13. The molecule has 0 fully saturated rings. The minimum atomic E-state index is -0.718. The lowest BCUT2D eigenvalue weighted by Gasteiger charge is -2.13. The van der Waals surface area contributed by atoms with Gasteiger partial charge in [0.25, 0.3) is 5.91 Å². The molecule has 7 heteroatoms. The first-order valence-corrected chi connectivity index (χ1v) is 7.35. The molecular formula is C16H19F2N3O2. The first-order valence-electron chi connectivity index (χ1n) is 7.35. The molecule has 2 rings (SSSR count). The zero-order valence-electron chi connectivity index (χ0n) is 13.0. The predicted octanol–water partition coefficient (Wildman–Crippen LogP) is 2.93. The van der Waals surface area contributed by atoms with Gasteiger partial charge in [0, 0.05) is 18.2 Å². The predicted molar refractivity (Wildman–Crippen MR) is 80.4 cm³/mol. The molecule has 0 aliphatic carbocycles. The Kier molecular flexibility index (Phi) is 5.44. The Morgan fingerprint density at radius 1 is 1.43 bits per heavy atom. The molecule has 23 heavy (non-hydrogen) atoms. The number of rotatable bonds is 6. The number of hydrogen-bond acceptors (Lipinski definition) is 4. The van der Waals surface area contributed by atoms with Crippen LogP contribution < -0.4 is 11.1 Å². The quantitative estimate of drug-likeness (QED) is 0.856. The second-order valence-electron chi connectivity index (χ2n) is 5.40. The van der Waals surface area contributed by atoms with Crippen molar-refractivity contribution >= 4 is 5.91 Å². The fourth-order valence-electron chi connectivity index (χ4n) is 1.97. The molecule has 0 spiro atoms. The van der Waals surface area contributed by atoms with Crippen LogP contribution >= 0.6 is 0 Å². The Morgan fingerprint density at radius 3 is 2.83 bits per heavy atom. The van der Waals surface area contributed by atoms with Gasteiger partial charge in [-0.25, -0.2) is 13.8 Å². The molecule has 1 aromatic heterocycles. The van der Waals surface area contributed by atoms with Gasteiger partial charge in [0.2, 0.25) is 5.89 Å². The summed E-state index contributed by atoms with van der Waals surface area (Å²) in [7, 11) is 0. The maximum atomic E-state index is 13.5. The van der Waals surface area contributed by atoms with Gasteiger partial charge in [0.1, 0.15) is 17.9 Å². The zero-order chi connectivity index (χ0) is 17.0. The summed E-state index contributed by atoms with van der Waals surface area (Å²) in [6.45, 7) is 3.88. The van der Waals surface area contributed by atoms with E-state index in [9.17, 15) is 13.6 Å². The number of aromatic nitrogens is 1. The summed E-state index contributed by atoms with van der Waals surface area (Å²) in [6, 6.07) is 2.78. The molecule has 5 nitrogen and oxygen atoms in total. The normalized spacial score (nSPS) is 13.6. The van der Waals surface area contributed by atoms with Gasteiger partial charge in [-0.05, 0) is 12.0 Å². The van der Waals surface area contributed by atoms with Crippen molar-refractivity contribution in [3.05, 3.63) is 53.2 Å². The van der Waals surface area contributed by atoms with Crippen molar-refractivity contribution in [2.75, 3.05) is 0 Å². The lowest BCUT2D eigenvalue weighted by atomic mass is 10.0. The average Bonchev–Trinajstić information content (AvgIpc) is 3.02. The minimum Gasteiger partial charge on any atom is -0.446 e. The SMILES string of the molecule is CCC(C)C(N)c1nc(C(=O)NCc2ccc(F)cc2F)co1. The number of nitrogens with one attached hydrogen (secondary N) is 1. The summed E-state index contributed by atoms with van der Waals surface area (Å²) in [4.78, 5) is 16.1. The van der Waals surface area contributed by atoms with Crippen molar-refractivity contribution in [1.29, 1.82) is 0 Å². The first-order chi connectivity index (χ1) is 10.9. The number of oxazole rings is 1. The smallest absolute Gasteiger partial charge is 0.273 e. The molecular weight excluding hydrogens is 304 g/mol. The van der Waals surface area contributed by atoms with Crippen LogP contribution in [-0.2, 0) is 6.54 Å². The molecule has 0 bridgehead atoms. The molecule has 0 saturated carbocycles. The maximum Gasteiger partial charge on any atom is 0.273 e. The molecule has 1 aromatic carbocycles. The molecule has 2 atom stereocenters. The zero-order valence-corrected chi connectivity index (χ0v) is 13.0. The maximum absolute atomic E-state index is 13.5. The van der Waals surface area contributed by atoms with Crippen LogP contribution in [0.3, 0.4) is 0 Å². The topological polar surface area (TPSA) is 81.1 Å². The van der Waals surface area contributed by atoms with E-state index in [-0.39, 0.29) is 29.6 Å². The highest BCUT2D eigenvalue weighted by molar-refractivity contribution is 5.91. The molecule has 0 aliphatic heterocycles. The fraction of sp³-hybridized carbons (Fsp3) is 0.375. The van der Waals surface area contributed by atoms with Gasteiger partial charge < -0.3 is 15.5 Å². The summed E-state index contributed by atoms with van der Waals surface area (Å²) < 4.78 is 31.6. The van der Waals surface area contributed by atoms with Gasteiger partial charge in [-0.15, -0.1) is 0 Å². The third-order valence-corrected chi connectivity index (χ3v) is 3.75. The summed E-state index contributed by atoms with van der Waals surface area (Å²) in [6.07, 6.45) is 2.07. The molecule has 1 heterocycles. The Morgan fingerprint density at radius 2 is 2.17 bits per heavy atom. The van der Waals surface area contributed by atoms with Gasteiger partial charge in [-0.2, -0.15) is 0 Å². The molecule has 0 aliphatic rings. The van der Waals surface area contributed by atoms with E-state index in [2.05, 4.69) is 10.3 Å². The summed E-state index contributed by atoms with van der Waals surface area (Å²) in [5.74, 6) is -1.45. The summed E-state index contributed by atoms with van der Waals surface area (Å²) in [5, 5.41) is 2.51. The van der Waals surface area contributed by atoms with Crippen LogP contribution in [0.4, 0.5) is 8.78 Å². The molecule has 124 valence electrons. The van der Waals surface area contributed by atoms with E-state index in [4.69, 9.17) is 10.2 Å². The van der Waals surface area contributed by atoms with Crippen LogP contribution in [0.5, 0.6) is 0 Å². The van der Waals surface area contributed by atoms with E-state index >= 15 is 0 Å². The molecule has 1 amide bonds. The van der Waals surface area contributed by atoms with Crippen molar-refractivity contribution in [2.24, 2.45) is 11.7 Å². The molecule has 2 unspecified atom stereocenters. The van der Waals surface area contributed by atoms with Crippen LogP contribution in [0, 0.1) is 17.6 Å². The van der Waals surface area contributed by atoms with Crippen molar-refractivity contribution < 1.29 is 18.0 Å². The number of carbonyl (C=O) groups excluding carboxylic acids is 1. The second-order valence-corrected chi connectivity index (χ2v) is 5.40. The number of nitrogens with two attached hydrogens (primary N) is 1. The standard InChI is InChI=1S/C16H19F2N3O2/c1-3-9(2)14(19)16-21-13(8-23-16)15(22)20-7-10-4-5-11(17)6-12(10)18/h4-6,8-9,14H,3,7,19H2,1-2H3,(H,20,22). The third-order valence-electron chi connectivity index (χ3n) is 3.75. The van der Waals surface area contributed by atoms with Crippen LogP contribution in [0.25, 0.3) is 0 Å². The van der Waals surface area contributed by atoms with Crippen molar-refractivity contribution in [3.8, 4) is 0 Å². The Bertz CT molecular complexity index is 688. The van der Waals surface area contributed by atoms with Crippen LogP contribution in [-0.4, -0.2) is 10.9 Å². The summed E-state index contributed by atoms with van der Waals surface area (Å²) >= 11 is 0. The molecule has 3 N–H and O–H groups in total. The van der Waals surface area contributed by atoms with Gasteiger partial charge >= 0.3 is 0 Å². The molecule has 0 saturated heterocycles. The summed E-state index contributed by atoms with van der Waals surface area (Å²) in [5.41, 5.74) is 6.24. The second kappa shape index (κ2) is 7.32. The lowest BCUT2D eigenvalue weighted by molar-refractivity contribution is 0.0945. The van der Waals surface area contributed by atoms with Gasteiger partial charge in [0.15, 0.2) is 5.69 Å². The van der Waals surface area contributed by atoms with E-state index in [1.54, 1.807) is 0 Å². The fourth-order valence-corrected chi connectivity index (χ4v) is 1.97. The van der Waals surface area contributed by atoms with Crippen molar-refractivity contribution in [2.45, 2.75) is 32.9 Å². The van der Waals surface area contributed by atoms with E-state index in [0.717, 1.165) is 18.6 Å². The van der Waals surface area contributed by atoms with E-state index < -0.39 is 23.6 Å². The Labute approximate surface area is 132 Å². The van der Waals surface area contributed by atoms with Crippen molar-refractivity contribution in [3.63, 3.8) is 0 Å². The molecule has 0 radical (unpaired) electrons. The first kappa shape index (κ1) is 17.1. The highest BCUT2D eigenvalue weighted by atomic mass is 19.1. The number of halogens is 2. The minimum absolute atomic E-state index is 0.0706. The van der Waals surface area contributed by atoms with E-state index in [1.165, 1.54) is 12.3 Å². The van der Waals surface area contributed by atoms with E-state index in [0.29, 0.717) is 0 Å². The van der Waals surface area contributed by atoms with Crippen molar-refractivity contribution in [1.82, 2.24) is 10.3 Å². The molecule has 2 aromatic rings.